The summed E-state index contributed by atoms with van der Waals surface area (Å²) in [5.74, 6) is 0.383. The Morgan fingerprint density at radius 1 is 0.936 bits per heavy atom. The third kappa shape index (κ3) is 11.5. The number of nitrogens with zero attached hydrogens (tertiary/aromatic N) is 1. The lowest BCUT2D eigenvalue weighted by Crippen LogP contribution is -2.54. The van der Waals surface area contributed by atoms with Crippen molar-refractivity contribution in [1.29, 1.82) is 0 Å². The lowest BCUT2D eigenvalue weighted by molar-refractivity contribution is -0.0340. The van der Waals surface area contributed by atoms with Crippen molar-refractivity contribution in [3.05, 3.63) is 72.3 Å². The van der Waals surface area contributed by atoms with Gasteiger partial charge in [-0.1, -0.05) is 87.5 Å². The van der Waals surface area contributed by atoms with Crippen molar-refractivity contribution in [1.82, 2.24) is 4.90 Å². The van der Waals surface area contributed by atoms with Crippen LogP contribution in [0, 0.1) is 5.92 Å². The molecule has 47 heavy (non-hydrogen) atoms. The van der Waals surface area contributed by atoms with E-state index in [1.54, 1.807) is 6.66 Å². The average Bonchev–Trinajstić information content (AvgIpc) is 3.37. The van der Waals surface area contributed by atoms with Crippen LogP contribution in [0.1, 0.15) is 71.8 Å². The van der Waals surface area contributed by atoms with Gasteiger partial charge in [0.1, 0.15) is 0 Å². The maximum absolute atomic E-state index is 12.4. The lowest BCUT2D eigenvalue weighted by Gasteiger charge is -2.44. The highest BCUT2D eigenvalue weighted by Crippen LogP contribution is 2.45. The van der Waals surface area contributed by atoms with E-state index in [0.717, 1.165) is 64.8 Å². The Morgan fingerprint density at radius 3 is 2.26 bits per heavy atom. The molecule has 262 valence electrons. The molecule has 8 heteroatoms. The molecule has 2 fully saturated rings. The van der Waals surface area contributed by atoms with Crippen LogP contribution in [0.3, 0.4) is 0 Å². The van der Waals surface area contributed by atoms with Gasteiger partial charge in [-0.2, -0.15) is 0 Å². The fraction of sp³-hybridized carbons (Fsp3) is 0.641. The number of unbranched alkanes of at least 4 members (excludes halogenated alkanes) is 2. The number of morpholine rings is 1. The van der Waals surface area contributed by atoms with Crippen molar-refractivity contribution < 1.29 is 23.0 Å². The first-order chi connectivity index (χ1) is 22.4. The Bertz CT molecular complexity index is 1270. The van der Waals surface area contributed by atoms with Gasteiger partial charge in [-0.15, -0.1) is 0 Å². The summed E-state index contributed by atoms with van der Waals surface area (Å²) in [5.41, 5.74) is 3.67. The molecule has 4 rings (SSSR count). The molecule has 0 radical (unpaired) electrons. The van der Waals surface area contributed by atoms with Gasteiger partial charge in [0, 0.05) is 44.3 Å². The van der Waals surface area contributed by atoms with Gasteiger partial charge in [0.15, 0.2) is 15.7 Å². The third-order valence-electron chi connectivity index (χ3n) is 10.4. The summed E-state index contributed by atoms with van der Waals surface area (Å²) in [6, 6.07) is 19.7. The molecule has 0 bridgehead atoms. The summed E-state index contributed by atoms with van der Waals surface area (Å²) < 4.78 is 37.8. The maximum Gasteiger partial charge on any atom is 0.200 e. The molecule has 2 aromatic rings. The highest BCUT2D eigenvalue weighted by Gasteiger charge is 2.50. The second-order valence-corrected chi connectivity index (χ2v) is 22.6. The van der Waals surface area contributed by atoms with E-state index in [0.29, 0.717) is 31.3 Å². The number of rotatable bonds is 17. The van der Waals surface area contributed by atoms with Crippen LogP contribution in [-0.2, 0) is 29.6 Å². The van der Waals surface area contributed by atoms with E-state index in [9.17, 15) is 4.57 Å². The van der Waals surface area contributed by atoms with Gasteiger partial charge < -0.3 is 18.4 Å². The van der Waals surface area contributed by atoms with Gasteiger partial charge in [-0.05, 0) is 73.9 Å². The van der Waals surface area contributed by atoms with Crippen LogP contribution < -0.4 is 0 Å². The molecule has 0 amide bonds. The first-order valence-corrected chi connectivity index (χ1v) is 23.2. The molecular formula is C39H62NO5PSi. The van der Waals surface area contributed by atoms with E-state index in [-0.39, 0.29) is 17.2 Å². The Labute approximate surface area is 287 Å². The van der Waals surface area contributed by atoms with Crippen LogP contribution in [0.15, 0.2) is 66.7 Å². The summed E-state index contributed by atoms with van der Waals surface area (Å²) in [5, 5.41) is 0.147. The molecule has 6 nitrogen and oxygen atoms in total. The molecule has 5 unspecified atom stereocenters. The van der Waals surface area contributed by atoms with Gasteiger partial charge in [0.25, 0.3) is 0 Å². The topological polar surface area (TPSA) is 57.2 Å². The van der Waals surface area contributed by atoms with Crippen LogP contribution in [-0.4, -0.2) is 77.2 Å². The van der Waals surface area contributed by atoms with Gasteiger partial charge in [-0.3, -0.25) is 9.46 Å². The Balaban J connectivity index is 1.45. The summed E-state index contributed by atoms with van der Waals surface area (Å²) >= 11 is 0. The van der Waals surface area contributed by atoms with Gasteiger partial charge >= 0.3 is 0 Å². The van der Waals surface area contributed by atoms with Crippen LogP contribution in [0.25, 0.3) is 11.1 Å². The van der Waals surface area contributed by atoms with Crippen LogP contribution >= 0.6 is 7.37 Å². The maximum atomic E-state index is 12.4. The minimum atomic E-state index is -2.43. The Hall–Kier alpha value is -1.57. The fourth-order valence-electron chi connectivity index (χ4n) is 6.79. The van der Waals surface area contributed by atoms with Crippen LogP contribution in [0.5, 0.6) is 0 Å². The molecule has 2 aliphatic rings. The molecule has 1 aliphatic carbocycles. The summed E-state index contributed by atoms with van der Waals surface area (Å²) in [7, 11) is -4.43. The quantitative estimate of drug-likeness (QED) is 0.0716. The zero-order chi connectivity index (χ0) is 33.9. The molecule has 0 aromatic heterocycles. The average molecular weight is 684 g/mol. The molecule has 2 aromatic carbocycles. The summed E-state index contributed by atoms with van der Waals surface area (Å²) in [6.45, 7) is 20.0. The predicted octanol–water partition coefficient (Wildman–Crippen LogP) is 9.80. The summed E-state index contributed by atoms with van der Waals surface area (Å²) in [6.07, 6.45) is 11.6. The number of hydrogen-bond donors (Lipinski definition) is 0. The second kappa shape index (κ2) is 17.9. The van der Waals surface area contributed by atoms with E-state index < -0.39 is 15.7 Å². The normalized spacial score (nSPS) is 24.1. The molecule has 0 spiro atoms. The largest absolute Gasteiger partial charge is 0.412 e. The highest BCUT2D eigenvalue weighted by atomic mass is 31.2. The van der Waals surface area contributed by atoms with E-state index >= 15 is 0 Å². The molecule has 5 atom stereocenters. The number of allylic oxidation sites excluding steroid dienone is 2. The zero-order valence-corrected chi connectivity index (χ0v) is 32.2. The fourth-order valence-corrected chi connectivity index (χ4v) is 9.61. The minimum absolute atomic E-state index is 0.136. The first kappa shape index (κ1) is 38.2. The lowest BCUT2D eigenvalue weighted by atomic mass is 9.93. The van der Waals surface area contributed by atoms with Gasteiger partial charge in [-0.25, -0.2) is 0 Å². The number of hydrogen-bond acceptors (Lipinski definition) is 6. The minimum Gasteiger partial charge on any atom is -0.412 e. The van der Waals surface area contributed by atoms with E-state index in [1.165, 1.54) is 16.7 Å². The smallest absolute Gasteiger partial charge is 0.200 e. The standard InChI is InChI=1S/C39H62NO5PSi/c1-8-44-46(5,41)29-17-12-10-9-11-16-20-35-36(43-31-32-21-23-34(24-22-32)33-18-14-13-15-19-33)30-37(45-47(6,7)39(2,3)4)38(35)40-25-27-42-28-26-40/h9,11,13-15,18-19,21-24,35-38H,8,10,12,16-17,20,25-31H2,1-7H3/b11-9+. The van der Waals surface area contributed by atoms with Crippen molar-refractivity contribution >= 4 is 15.7 Å². The van der Waals surface area contributed by atoms with Crippen molar-refractivity contribution in [2.45, 2.75) is 109 Å². The van der Waals surface area contributed by atoms with Crippen molar-refractivity contribution in [3.63, 3.8) is 0 Å². The molecule has 0 N–H and O–H groups in total. The van der Waals surface area contributed by atoms with Gasteiger partial charge in [0.2, 0.25) is 0 Å². The molecular weight excluding hydrogens is 621 g/mol. The molecule has 1 saturated carbocycles. The molecule has 1 saturated heterocycles. The van der Waals surface area contributed by atoms with Crippen molar-refractivity contribution in [2.75, 3.05) is 45.7 Å². The molecule has 1 aliphatic heterocycles. The zero-order valence-electron chi connectivity index (χ0n) is 30.3. The SMILES string of the molecule is CCOP(C)(=O)CCCC/C=C/CCC1C(OCc2ccc(-c3ccccc3)cc2)CC(O[Si](C)(C)C(C)(C)C)C1N1CCOCC1. The van der Waals surface area contributed by atoms with Gasteiger partial charge in [0.05, 0.1) is 38.6 Å². The third-order valence-corrected chi connectivity index (χ3v) is 16.9. The van der Waals surface area contributed by atoms with E-state index in [2.05, 4.69) is 106 Å². The highest BCUT2D eigenvalue weighted by molar-refractivity contribution is 7.58. The van der Waals surface area contributed by atoms with Crippen molar-refractivity contribution in [2.24, 2.45) is 5.92 Å². The second-order valence-electron chi connectivity index (χ2n) is 15.1. The Morgan fingerprint density at radius 2 is 1.60 bits per heavy atom. The molecule has 1 heterocycles. The van der Waals surface area contributed by atoms with Crippen LogP contribution in [0.4, 0.5) is 0 Å². The van der Waals surface area contributed by atoms with E-state index in [1.807, 2.05) is 6.92 Å². The van der Waals surface area contributed by atoms with E-state index in [4.69, 9.17) is 18.4 Å². The van der Waals surface area contributed by atoms with Crippen LogP contribution in [0.2, 0.25) is 18.1 Å². The number of ether oxygens (including phenoxy) is 2. The number of benzene rings is 2. The monoisotopic (exact) mass is 683 g/mol. The Kier molecular flexibility index (Phi) is 14.6. The van der Waals surface area contributed by atoms with Crippen molar-refractivity contribution in [3.8, 4) is 11.1 Å². The predicted molar refractivity (Wildman–Crippen MR) is 199 cm³/mol. The summed E-state index contributed by atoms with van der Waals surface area (Å²) in [4.78, 5) is 2.65. The first-order valence-electron chi connectivity index (χ1n) is 18.0.